The highest BCUT2D eigenvalue weighted by atomic mass is 16.5. The minimum atomic E-state index is 0.122. The van der Waals surface area contributed by atoms with Gasteiger partial charge >= 0.3 is 0 Å². The molecular weight excluding hydrogens is 242 g/mol. The molecule has 2 fully saturated rings. The van der Waals surface area contributed by atoms with Crippen molar-refractivity contribution in [1.82, 2.24) is 15.5 Å². The van der Waals surface area contributed by atoms with Crippen molar-refractivity contribution < 1.29 is 9.53 Å². The Morgan fingerprint density at radius 2 is 2.05 bits per heavy atom. The average molecular weight is 269 g/mol. The predicted octanol–water partition coefficient (Wildman–Crippen LogP) is 0.357. The number of ether oxygens (including phenoxy) is 1. The molecule has 1 aliphatic heterocycles. The number of amides is 1. The second-order valence-corrected chi connectivity index (χ2v) is 5.51. The van der Waals surface area contributed by atoms with Crippen LogP contribution in [0.15, 0.2) is 0 Å². The first kappa shape index (κ1) is 14.8. The lowest BCUT2D eigenvalue weighted by Crippen LogP contribution is -2.40. The number of carbonyl (C=O) groups excluding carboxylic acids is 1. The molecule has 2 rings (SSSR count). The van der Waals surface area contributed by atoms with Gasteiger partial charge in [-0.15, -0.1) is 0 Å². The molecule has 1 heterocycles. The van der Waals surface area contributed by atoms with Crippen LogP contribution in [0.25, 0.3) is 0 Å². The maximum Gasteiger partial charge on any atom is 0.234 e. The fourth-order valence-electron chi connectivity index (χ4n) is 2.79. The van der Waals surface area contributed by atoms with E-state index in [4.69, 9.17) is 4.74 Å². The molecule has 0 spiro atoms. The minimum absolute atomic E-state index is 0.122. The van der Waals surface area contributed by atoms with Crippen molar-refractivity contribution in [2.45, 2.75) is 38.2 Å². The van der Waals surface area contributed by atoms with Crippen molar-refractivity contribution in [2.75, 3.05) is 45.9 Å². The van der Waals surface area contributed by atoms with Gasteiger partial charge in [0.2, 0.25) is 5.91 Å². The van der Waals surface area contributed by atoms with Crippen LogP contribution in [0.4, 0.5) is 0 Å². The molecular formula is C14H27N3O2. The van der Waals surface area contributed by atoms with Crippen molar-refractivity contribution in [1.29, 1.82) is 0 Å². The van der Waals surface area contributed by atoms with Crippen LogP contribution < -0.4 is 10.6 Å². The smallest absolute Gasteiger partial charge is 0.234 e. The third kappa shape index (κ3) is 5.89. The molecule has 0 radical (unpaired) electrons. The summed E-state index contributed by atoms with van der Waals surface area (Å²) in [6.07, 6.45) is 6.52. The molecule has 0 bridgehead atoms. The lowest BCUT2D eigenvalue weighted by Gasteiger charge is -2.19. The van der Waals surface area contributed by atoms with Crippen LogP contribution in [0.2, 0.25) is 0 Å². The first-order chi connectivity index (χ1) is 9.34. The minimum Gasteiger partial charge on any atom is -0.376 e. The zero-order valence-corrected chi connectivity index (χ0v) is 11.8. The molecule has 0 aromatic heterocycles. The first-order valence-corrected chi connectivity index (χ1v) is 7.66. The fraction of sp³-hybridized carbons (Fsp3) is 0.929. The summed E-state index contributed by atoms with van der Waals surface area (Å²) < 4.78 is 5.72. The molecule has 5 nitrogen and oxygen atoms in total. The largest absolute Gasteiger partial charge is 0.376 e. The predicted molar refractivity (Wildman–Crippen MR) is 75.1 cm³/mol. The van der Waals surface area contributed by atoms with Crippen LogP contribution in [-0.2, 0) is 9.53 Å². The van der Waals surface area contributed by atoms with E-state index in [0.29, 0.717) is 25.8 Å². The van der Waals surface area contributed by atoms with Crippen molar-refractivity contribution in [3.05, 3.63) is 0 Å². The summed E-state index contributed by atoms with van der Waals surface area (Å²) in [4.78, 5) is 14.0. The SMILES string of the molecule is O=C(CN1CCCNCC1)NCCOC1CCCC1. The van der Waals surface area contributed by atoms with Crippen LogP contribution in [-0.4, -0.2) is 62.8 Å². The number of carbonyl (C=O) groups is 1. The van der Waals surface area contributed by atoms with Crippen LogP contribution in [0.3, 0.4) is 0 Å². The van der Waals surface area contributed by atoms with E-state index >= 15 is 0 Å². The van der Waals surface area contributed by atoms with Crippen molar-refractivity contribution >= 4 is 5.91 Å². The standard InChI is InChI=1S/C14H27N3O2/c18-14(12-17-9-3-6-15-7-10-17)16-8-11-19-13-4-1-2-5-13/h13,15H,1-12H2,(H,16,18). The molecule has 1 saturated carbocycles. The maximum absolute atomic E-state index is 11.8. The van der Waals surface area contributed by atoms with Crippen molar-refractivity contribution in [3.8, 4) is 0 Å². The highest BCUT2D eigenvalue weighted by Crippen LogP contribution is 2.20. The van der Waals surface area contributed by atoms with E-state index in [2.05, 4.69) is 15.5 Å². The number of hydrogen-bond donors (Lipinski definition) is 2. The van der Waals surface area contributed by atoms with Crippen molar-refractivity contribution in [3.63, 3.8) is 0 Å². The first-order valence-electron chi connectivity index (χ1n) is 7.66. The molecule has 1 saturated heterocycles. The van der Waals surface area contributed by atoms with Crippen molar-refractivity contribution in [2.24, 2.45) is 0 Å². The Hall–Kier alpha value is -0.650. The van der Waals surface area contributed by atoms with Gasteiger partial charge in [-0.1, -0.05) is 12.8 Å². The molecule has 0 aromatic carbocycles. The molecule has 5 heteroatoms. The highest BCUT2D eigenvalue weighted by molar-refractivity contribution is 5.77. The molecule has 1 amide bonds. The van der Waals surface area contributed by atoms with E-state index in [1.54, 1.807) is 0 Å². The molecule has 19 heavy (non-hydrogen) atoms. The molecule has 2 aliphatic rings. The van der Waals surface area contributed by atoms with Gasteiger partial charge in [-0.3, -0.25) is 9.69 Å². The monoisotopic (exact) mass is 269 g/mol. The van der Waals surface area contributed by atoms with Crippen LogP contribution >= 0.6 is 0 Å². The van der Waals surface area contributed by atoms with E-state index in [0.717, 1.165) is 32.6 Å². The second-order valence-electron chi connectivity index (χ2n) is 5.51. The highest BCUT2D eigenvalue weighted by Gasteiger charge is 2.15. The zero-order chi connectivity index (χ0) is 13.3. The van der Waals surface area contributed by atoms with Gasteiger partial charge in [-0.05, 0) is 32.4 Å². The van der Waals surface area contributed by atoms with Gasteiger partial charge in [0.25, 0.3) is 0 Å². The lowest BCUT2D eigenvalue weighted by molar-refractivity contribution is -0.122. The third-order valence-electron chi connectivity index (χ3n) is 3.88. The molecule has 110 valence electrons. The number of nitrogens with zero attached hydrogens (tertiary/aromatic N) is 1. The quantitative estimate of drug-likeness (QED) is 0.684. The Morgan fingerprint density at radius 1 is 1.21 bits per heavy atom. The summed E-state index contributed by atoms with van der Waals surface area (Å²) in [6.45, 7) is 5.83. The summed E-state index contributed by atoms with van der Waals surface area (Å²) in [6, 6.07) is 0. The zero-order valence-electron chi connectivity index (χ0n) is 11.8. The molecule has 1 aliphatic carbocycles. The van der Waals surface area contributed by atoms with E-state index in [9.17, 15) is 4.79 Å². The Bertz CT molecular complexity index is 259. The van der Waals surface area contributed by atoms with Gasteiger partial charge in [0.05, 0.1) is 19.3 Å². The Balaban J connectivity index is 1.51. The van der Waals surface area contributed by atoms with Crippen LogP contribution in [0.1, 0.15) is 32.1 Å². The van der Waals surface area contributed by atoms with Gasteiger partial charge < -0.3 is 15.4 Å². The number of nitrogens with one attached hydrogen (secondary N) is 2. The second kappa shape index (κ2) is 8.51. The Morgan fingerprint density at radius 3 is 2.89 bits per heavy atom. The van der Waals surface area contributed by atoms with Gasteiger partial charge in [-0.25, -0.2) is 0 Å². The van der Waals surface area contributed by atoms with E-state index < -0.39 is 0 Å². The Kier molecular flexibility index (Phi) is 6.61. The summed E-state index contributed by atoms with van der Waals surface area (Å²) in [5.74, 6) is 0.122. The number of hydrogen-bond acceptors (Lipinski definition) is 4. The average Bonchev–Trinajstić information content (AvgIpc) is 2.79. The topological polar surface area (TPSA) is 53.6 Å². The van der Waals surface area contributed by atoms with Gasteiger partial charge in [0, 0.05) is 19.6 Å². The lowest BCUT2D eigenvalue weighted by atomic mass is 10.3. The third-order valence-corrected chi connectivity index (χ3v) is 3.88. The molecule has 0 aromatic rings. The Labute approximate surface area is 116 Å². The van der Waals surface area contributed by atoms with E-state index in [1.165, 1.54) is 25.7 Å². The molecule has 0 atom stereocenters. The summed E-state index contributed by atoms with van der Waals surface area (Å²) in [5.41, 5.74) is 0. The van der Waals surface area contributed by atoms with Crippen LogP contribution in [0.5, 0.6) is 0 Å². The molecule has 0 unspecified atom stereocenters. The van der Waals surface area contributed by atoms with E-state index in [-0.39, 0.29) is 5.91 Å². The van der Waals surface area contributed by atoms with Crippen LogP contribution in [0, 0.1) is 0 Å². The summed E-state index contributed by atoms with van der Waals surface area (Å²) in [5, 5.41) is 6.29. The fourth-order valence-corrected chi connectivity index (χ4v) is 2.79. The molecule has 2 N–H and O–H groups in total. The van der Waals surface area contributed by atoms with E-state index in [1.807, 2.05) is 0 Å². The summed E-state index contributed by atoms with van der Waals surface area (Å²) in [7, 11) is 0. The summed E-state index contributed by atoms with van der Waals surface area (Å²) >= 11 is 0. The van der Waals surface area contributed by atoms with Gasteiger partial charge in [-0.2, -0.15) is 0 Å². The normalized spacial score (nSPS) is 22.3. The maximum atomic E-state index is 11.8. The number of rotatable bonds is 6. The van der Waals surface area contributed by atoms with Gasteiger partial charge in [0.1, 0.15) is 0 Å². The van der Waals surface area contributed by atoms with Gasteiger partial charge in [0.15, 0.2) is 0 Å².